The summed E-state index contributed by atoms with van der Waals surface area (Å²) in [5.74, 6) is -0.458. The molecule has 2 aromatic carbocycles. The number of hydrogen-bond donors (Lipinski definition) is 1. The number of aromatic nitrogens is 2. The molecule has 0 fully saturated rings. The summed E-state index contributed by atoms with van der Waals surface area (Å²) in [6, 6.07) is 21.7. The molecule has 260 valence electrons. The molecule has 4 rings (SSSR count). The van der Waals surface area contributed by atoms with Crippen LogP contribution in [-0.4, -0.2) is 58.1 Å². The lowest BCUT2D eigenvalue weighted by Crippen LogP contribution is -2.54. The number of aliphatic carboxylic acids is 1. The number of sulfonamides is 1. The van der Waals surface area contributed by atoms with E-state index in [-0.39, 0.29) is 23.8 Å². The number of carboxylic acids is 1. The molecule has 1 N–H and O–H groups in total. The Hall–Kier alpha value is -4.81. The molecule has 11 nitrogen and oxygen atoms in total. The van der Waals surface area contributed by atoms with E-state index in [1.165, 1.54) is 28.8 Å². The van der Waals surface area contributed by atoms with Crippen molar-refractivity contribution in [3.05, 3.63) is 103 Å². The molecule has 12 heteroatoms. The lowest BCUT2D eigenvalue weighted by atomic mass is 9.85. The molecular formula is C37H44N4O7S. The third-order valence-electron chi connectivity index (χ3n) is 7.34. The minimum Gasteiger partial charge on any atom is -0.494 e. The second-order valence-electron chi connectivity index (χ2n) is 13.6. The van der Waals surface area contributed by atoms with E-state index in [9.17, 15) is 23.1 Å². The predicted molar refractivity (Wildman–Crippen MR) is 188 cm³/mol. The number of carboxylic acid groups (broad SMARTS) is 1. The zero-order valence-corrected chi connectivity index (χ0v) is 29.8. The number of carbonyl (C=O) groups is 2. The summed E-state index contributed by atoms with van der Waals surface area (Å²) < 4.78 is 40.6. The monoisotopic (exact) mass is 688 g/mol. The lowest BCUT2D eigenvalue weighted by Gasteiger charge is -2.37. The van der Waals surface area contributed by atoms with Gasteiger partial charge in [-0.3, -0.25) is 4.98 Å². The van der Waals surface area contributed by atoms with Crippen molar-refractivity contribution >= 4 is 27.9 Å². The van der Waals surface area contributed by atoms with Gasteiger partial charge < -0.3 is 14.6 Å². The number of amides is 1. The zero-order chi connectivity index (χ0) is 36.0. The number of pyridine rings is 2. The maximum atomic E-state index is 14.0. The van der Waals surface area contributed by atoms with Crippen LogP contribution in [0.15, 0.2) is 96.2 Å². The van der Waals surface area contributed by atoms with Crippen LogP contribution in [0.5, 0.6) is 5.75 Å². The minimum atomic E-state index is -4.08. The molecule has 0 spiro atoms. The predicted octanol–water partition coefficient (Wildman–Crippen LogP) is 7.17. The van der Waals surface area contributed by atoms with E-state index in [2.05, 4.69) is 9.97 Å². The highest BCUT2D eigenvalue weighted by molar-refractivity contribution is 7.89. The summed E-state index contributed by atoms with van der Waals surface area (Å²) in [4.78, 5) is 35.8. The summed E-state index contributed by atoms with van der Waals surface area (Å²) in [7, 11) is -4.08. The Morgan fingerprint density at radius 1 is 0.878 bits per heavy atom. The van der Waals surface area contributed by atoms with Gasteiger partial charge in [-0.15, -0.1) is 0 Å². The van der Waals surface area contributed by atoms with Crippen molar-refractivity contribution in [3.63, 3.8) is 0 Å². The van der Waals surface area contributed by atoms with Crippen molar-refractivity contribution in [2.45, 2.75) is 78.1 Å². The second-order valence-corrected chi connectivity index (χ2v) is 15.5. The Labute approximate surface area is 288 Å². The standard InChI is InChI=1S/C37H44N4O7S/c1-8-47-30-14-9-12-28(22-30)27-19-17-26(18-20-27)24-40(49(45,46)31-15-11-21-38-23-31)25-29-13-10-16-32(39-29)41(35(44)48-37(5,6)7)33(34(42)43)36(2,3)4/h9-23,33H,8,24-25H2,1-7H3,(H,42,43). The largest absolute Gasteiger partial charge is 0.494 e. The van der Waals surface area contributed by atoms with Gasteiger partial charge in [-0.2, -0.15) is 4.31 Å². The highest BCUT2D eigenvalue weighted by atomic mass is 32.2. The highest BCUT2D eigenvalue weighted by Crippen LogP contribution is 2.31. The van der Waals surface area contributed by atoms with Gasteiger partial charge in [0.15, 0.2) is 0 Å². The molecule has 1 unspecified atom stereocenters. The molecule has 0 bridgehead atoms. The molecule has 2 heterocycles. The first-order chi connectivity index (χ1) is 23.0. The minimum absolute atomic E-state index is 0.00206. The van der Waals surface area contributed by atoms with E-state index in [1.54, 1.807) is 59.7 Å². The maximum absolute atomic E-state index is 14.0. The molecule has 1 atom stereocenters. The van der Waals surface area contributed by atoms with Crippen LogP contribution in [0.3, 0.4) is 0 Å². The fourth-order valence-corrected chi connectivity index (χ4v) is 6.56. The van der Waals surface area contributed by atoms with Crippen molar-refractivity contribution in [1.29, 1.82) is 0 Å². The number of rotatable bonds is 12. The molecule has 0 saturated carbocycles. The van der Waals surface area contributed by atoms with Crippen LogP contribution in [0.4, 0.5) is 10.6 Å². The Balaban J connectivity index is 1.72. The fraction of sp³-hybridized carbons (Fsp3) is 0.351. The topological polar surface area (TPSA) is 139 Å². The van der Waals surface area contributed by atoms with Crippen molar-refractivity contribution < 1.29 is 32.6 Å². The first-order valence-corrected chi connectivity index (χ1v) is 17.4. The molecule has 0 aliphatic heterocycles. The smallest absolute Gasteiger partial charge is 0.416 e. The molecule has 0 radical (unpaired) electrons. The maximum Gasteiger partial charge on any atom is 0.416 e. The molecule has 0 aliphatic carbocycles. The number of ether oxygens (including phenoxy) is 2. The van der Waals surface area contributed by atoms with Crippen LogP contribution in [0.1, 0.15) is 59.7 Å². The van der Waals surface area contributed by atoms with Gasteiger partial charge in [0.1, 0.15) is 28.1 Å². The van der Waals surface area contributed by atoms with Gasteiger partial charge in [-0.1, -0.05) is 63.2 Å². The molecule has 49 heavy (non-hydrogen) atoms. The first-order valence-electron chi connectivity index (χ1n) is 15.9. The SMILES string of the molecule is CCOc1cccc(-c2ccc(CN(Cc3cccc(N(C(=O)OC(C)(C)C)C(C(=O)O)C(C)(C)C)n3)S(=O)(=O)c3cccnc3)cc2)c1. The number of nitrogens with zero attached hydrogens (tertiary/aromatic N) is 4. The van der Waals surface area contributed by atoms with E-state index in [0.717, 1.165) is 27.3 Å². The summed E-state index contributed by atoms with van der Waals surface area (Å²) in [6.45, 7) is 12.5. The van der Waals surface area contributed by atoms with E-state index >= 15 is 0 Å². The van der Waals surface area contributed by atoms with E-state index in [1.807, 2.05) is 55.5 Å². The van der Waals surface area contributed by atoms with Crippen LogP contribution in [0, 0.1) is 5.41 Å². The third kappa shape index (κ3) is 9.64. The zero-order valence-electron chi connectivity index (χ0n) is 29.0. The number of anilines is 1. The average Bonchev–Trinajstić information content (AvgIpc) is 3.03. The molecular weight excluding hydrogens is 644 g/mol. The van der Waals surface area contributed by atoms with Crippen molar-refractivity contribution in [2.24, 2.45) is 5.41 Å². The van der Waals surface area contributed by atoms with Gasteiger partial charge in [0, 0.05) is 18.9 Å². The van der Waals surface area contributed by atoms with Gasteiger partial charge in [0.05, 0.1) is 18.8 Å². The van der Waals surface area contributed by atoms with Crippen molar-refractivity contribution in [1.82, 2.24) is 14.3 Å². The Morgan fingerprint density at radius 2 is 1.57 bits per heavy atom. The average molecular weight is 689 g/mol. The summed E-state index contributed by atoms with van der Waals surface area (Å²) >= 11 is 0. The molecule has 1 amide bonds. The first kappa shape index (κ1) is 37.0. The quantitative estimate of drug-likeness (QED) is 0.164. The summed E-state index contributed by atoms with van der Waals surface area (Å²) in [6.07, 6.45) is 1.89. The van der Waals surface area contributed by atoms with E-state index < -0.39 is 39.1 Å². The van der Waals surface area contributed by atoms with Crippen molar-refractivity contribution in [3.8, 4) is 16.9 Å². The second kappa shape index (κ2) is 15.2. The van der Waals surface area contributed by atoms with Crippen molar-refractivity contribution in [2.75, 3.05) is 11.5 Å². The molecule has 0 saturated heterocycles. The van der Waals surface area contributed by atoms with E-state index in [4.69, 9.17) is 9.47 Å². The number of hydrogen-bond acceptors (Lipinski definition) is 8. The normalized spacial score (nSPS) is 12.7. The van der Waals surface area contributed by atoms with Gasteiger partial charge in [0.25, 0.3) is 0 Å². The fourth-order valence-electron chi connectivity index (χ4n) is 5.19. The van der Waals surface area contributed by atoms with Gasteiger partial charge in [0.2, 0.25) is 10.0 Å². The van der Waals surface area contributed by atoms with Crippen LogP contribution >= 0.6 is 0 Å². The van der Waals surface area contributed by atoms with Gasteiger partial charge >= 0.3 is 12.1 Å². The van der Waals surface area contributed by atoms with Crippen LogP contribution in [0.2, 0.25) is 0 Å². The van der Waals surface area contributed by atoms with Crippen LogP contribution in [0.25, 0.3) is 11.1 Å². The van der Waals surface area contributed by atoms with Gasteiger partial charge in [-0.25, -0.2) is 27.9 Å². The number of carbonyl (C=O) groups excluding carboxylic acids is 1. The van der Waals surface area contributed by atoms with Gasteiger partial charge in [-0.05, 0) is 86.2 Å². The Bertz CT molecular complexity index is 1850. The van der Waals surface area contributed by atoms with Crippen LogP contribution in [-0.2, 0) is 32.6 Å². The number of benzene rings is 2. The summed E-state index contributed by atoms with van der Waals surface area (Å²) in [5, 5.41) is 10.3. The lowest BCUT2D eigenvalue weighted by molar-refractivity contribution is -0.141. The highest BCUT2D eigenvalue weighted by Gasteiger charge is 2.42. The summed E-state index contributed by atoms with van der Waals surface area (Å²) in [5.41, 5.74) is 1.10. The molecule has 4 aromatic rings. The third-order valence-corrected chi connectivity index (χ3v) is 9.12. The molecule has 2 aromatic heterocycles. The van der Waals surface area contributed by atoms with Crippen LogP contribution < -0.4 is 9.64 Å². The molecule has 0 aliphatic rings. The Morgan fingerprint density at radius 3 is 2.16 bits per heavy atom. The van der Waals surface area contributed by atoms with E-state index in [0.29, 0.717) is 12.3 Å². The Kier molecular flexibility index (Phi) is 11.5.